The fourth-order valence-corrected chi connectivity index (χ4v) is 3.89. The number of fused-ring (bicyclic) bond motifs is 1. The Bertz CT molecular complexity index is 900. The van der Waals surface area contributed by atoms with E-state index in [-0.39, 0.29) is 11.9 Å². The van der Waals surface area contributed by atoms with Crippen molar-refractivity contribution in [2.75, 3.05) is 30.8 Å². The Morgan fingerprint density at radius 1 is 1.00 bits per heavy atom. The molecule has 6 nitrogen and oxygen atoms in total. The standard InChI is InChI=1S/C21H23BrN4O2/c1-25-10-8-14-12-18(5-2-15(14)13-25)23-20(27)19-9-11-26(19)21(28)24-17-6-3-16(22)4-7-17/h2-7,12,19H,8-11,13H2,1H3,(H,23,27)(H,24,28). The number of likely N-dealkylation sites (tertiary alicyclic amines) is 1. The van der Waals surface area contributed by atoms with Crippen LogP contribution < -0.4 is 10.6 Å². The van der Waals surface area contributed by atoms with Crippen LogP contribution in [-0.4, -0.2) is 47.9 Å². The topological polar surface area (TPSA) is 64.7 Å². The van der Waals surface area contributed by atoms with Gasteiger partial charge >= 0.3 is 6.03 Å². The van der Waals surface area contributed by atoms with Crippen molar-refractivity contribution in [2.24, 2.45) is 0 Å². The van der Waals surface area contributed by atoms with Gasteiger partial charge in [-0.25, -0.2) is 4.79 Å². The largest absolute Gasteiger partial charge is 0.324 e. The number of benzene rings is 2. The zero-order chi connectivity index (χ0) is 19.7. The number of rotatable bonds is 3. The molecule has 0 radical (unpaired) electrons. The number of urea groups is 1. The molecule has 2 heterocycles. The molecule has 2 aliphatic heterocycles. The van der Waals surface area contributed by atoms with Crippen LogP contribution in [0, 0.1) is 0 Å². The highest BCUT2D eigenvalue weighted by atomic mass is 79.9. The third kappa shape index (κ3) is 4.05. The van der Waals surface area contributed by atoms with Gasteiger partial charge < -0.3 is 20.4 Å². The second-order valence-electron chi connectivity index (χ2n) is 7.40. The molecule has 1 fully saturated rings. The maximum atomic E-state index is 12.7. The first-order chi connectivity index (χ1) is 13.5. The number of likely N-dealkylation sites (N-methyl/N-ethyl adjacent to an activating group) is 1. The number of amides is 3. The van der Waals surface area contributed by atoms with E-state index in [1.807, 2.05) is 30.3 Å². The summed E-state index contributed by atoms with van der Waals surface area (Å²) < 4.78 is 0.948. The van der Waals surface area contributed by atoms with E-state index in [0.29, 0.717) is 18.7 Å². The van der Waals surface area contributed by atoms with Crippen molar-refractivity contribution in [1.29, 1.82) is 0 Å². The van der Waals surface area contributed by atoms with Crippen molar-refractivity contribution in [3.8, 4) is 0 Å². The van der Waals surface area contributed by atoms with Gasteiger partial charge in [-0.15, -0.1) is 0 Å². The van der Waals surface area contributed by atoms with Gasteiger partial charge in [-0.05, 0) is 67.4 Å². The molecule has 1 unspecified atom stereocenters. The van der Waals surface area contributed by atoms with E-state index in [2.05, 4.69) is 50.6 Å². The van der Waals surface area contributed by atoms with Crippen molar-refractivity contribution in [2.45, 2.75) is 25.4 Å². The number of hydrogen-bond acceptors (Lipinski definition) is 3. The average Bonchev–Trinajstić information content (AvgIpc) is 2.62. The first-order valence-electron chi connectivity index (χ1n) is 9.44. The monoisotopic (exact) mass is 442 g/mol. The highest BCUT2D eigenvalue weighted by Gasteiger charge is 2.37. The van der Waals surface area contributed by atoms with Gasteiger partial charge in [-0.2, -0.15) is 0 Å². The van der Waals surface area contributed by atoms with Crippen LogP contribution in [0.3, 0.4) is 0 Å². The molecule has 1 saturated heterocycles. The molecule has 0 aromatic heterocycles. The van der Waals surface area contributed by atoms with Crippen molar-refractivity contribution >= 4 is 39.2 Å². The molecule has 3 amide bonds. The minimum atomic E-state index is -0.433. The predicted molar refractivity (Wildman–Crippen MR) is 113 cm³/mol. The summed E-state index contributed by atoms with van der Waals surface area (Å²) in [6.07, 6.45) is 1.66. The van der Waals surface area contributed by atoms with E-state index < -0.39 is 6.04 Å². The summed E-state index contributed by atoms with van der Waals surface area (Å²) in [7, 11) is 2.11. The maximum absolute atomic E-state index is 12.7. The van der Waals surface area contributed by atoms with Crippen molar-refractivity contribution in [3.63, 3.8) is 0 Å². The number of nitrogens with zero attached hydrogens (tertiary/aromatic N) is 2. The molecule has 146 valence electrons. The van der Waals surface area contributed by atoms with Gasteiger partial charge in [0.05, 0.1) is 0 Å². The molecular weight excluding hydrogens is 420 g/mol. The predicted octanol–water partition coefficient (Wildman–Crippen LogP) is 3.68. The van der Waals surface area contributed by atoms with Gasteiger partial charge in [0.2, 0.25) is 5.91 Å². The van der Waals surface area contributed by atoms with Crippen molar-refractivity contribution in [3.05, 3.63) is 58.1 Å². The maximum Gasteiger partial charge on any atom is 0.322 e. The Morgan fingerprint density at radius 3 is 2.46 bits per heavy atom. The Morgan fingerprint density at radius 2 is 1.75 bits per heavy atom. The summed E-state index contributed by atoms with van der Waals surface area (Å²) in [5.41, 5.74) is 4.10. The molecule has 2 aromatic rings. The number of carbonyl (C=O) groups is 2. The molecule has 2 aromatic carbocycles. The highest BCUT2D eigenvalue weighted by molar-refractivity contribution is 9.10. The Kier molecular flexibility index (Phi) is 5.37. The SMILES string of the molecule is CN1CCc2cc(NC(=O)C3CCN3C(=O)Nc3ccc(Br)cc3)ccc2C1. The van der Waals surface area contributed by atoms with E-state index in [4.69, 9.17) is 0 Å². The summed E-state index contributed by atoms with van der Waals surface area (Å²) in [6.45, 7) is 2.55. The highest BCUT2D eigenvalue weighted by Crippen LogP contribution is 2.25. The summed E-state index contributed by atoms with van der Waals surface area (Å²) in [6, 6.07) is 12.8. The minimum Gasteiger partial charge on any atom is -0.324 e. The van der Waals surface area contributed by atoms with Crippen LogP contribution in [0.15, 0.2) is 46.9 Å². The Labute approximate surface area is 173 Å². The lowest BCUT2D eigenvalue weighted by molar-refractivity contribution is -0.123. The average molecular weight is 443 g/mol. The van der Waals surface area contributed by atoms with Gasteiger partial charge in [0.1, 0.15) is 6.04 Å². The molecule has 2 aliphatic rings. The number of hydrogen-bond donors (Lipinski definition) is 2. The molecule has 0 bridgehead atoms. The number of nitrogens with one attached hydrogen (secondary N) is 2. The van der Waals surface area contributed by atoms with Crippen LogP contribution in [0.1, 0.15) is 17.5 Å². The minimum absolute atomic E-state index is 0.134. The lowest BCUT2D eigenvalue weighted by Gasteiger charge is -2.39. The second kappa shape index (κ2) is 7.93. The first-order valence-corrected chi connectivity index (χ1v) is 10.2. The van der Waals surface area contributed by atoms with Crippen LogP contribution in [0.25, 0.3) is 0 Å². The molecular formula is C21H23BrN4O2. The molecule has 4 rings (SSSR count). The van der Waals surface area contributed by atoms with Gasteiger partial charge in [-0.1, -0.05) is 22.0 Å². The summed E-state index contributed by atoms with van der Waals surface area (Å²) in [5.74, 6) is -0.134. The summed E-state index contributed by atoms with van der Waals surface area (Å²) in [5, 5.41) is 5.83. The normalized spacial score (nSPS) is 18.8. The number of anilines is 2. The quantitative estimate of drug-likeness (QED) is 0.761. The third-order valence-corrected chi connectivity index (χ3v) is 5.88. The van der Waals surface area contributed by atoms with Gasteiger partial charge in [-0.3, -0.25) is 4.79 Å². The lowest BCUT2D eigenvalue weighted by Crippen LogP contribution is -2.58. The first kappa shape index (κ1) is 19.0. The summed E-state index contributed by atoms with van der Waals surface area (Å²) in [4.78, 5) is 29.0. The van der Waals surface area contributed by atoms with E-state index in [1.54, 1.807) is 4.90 Å². The molecule has 0 spiro atoms. The molecule has 1 atom stereocenters. The van der Waals surface area contributed by atoms with Crippen molar-refractivity contribution in [1.82, 2.24) is 9.80 Å². The molecule has 0 aliphatic carbocycles. The Balaban J connectivity index is 1.37. The van der Waals surface area contributed by atoms with Gasteiger partial charge in [0, 0.05) is 35.5 Å². The van der Waals surface area contributed by atoms with Crippen LogP contribution in [-0.2, 0) is 17.8 Å². The second-order valence-corrected chi connectivity index (χ2v) is 8.31. The van der Waals surface area contributed by atoms with E-state index in [0.717, 1.165) is 29.7 Å². The zero-order valence-electron chi connectivity index (χ0n) is 15.7. The number of carbonyl (C=O) groups excluding carboxylic acids is 2. The van der Waals surface area contributed by atoms with Crippen molar-refractivity contribution < 1.29 is 9.59 Å². The third-order valence-electron chi connectivity index (χ3n) is 5.36. The lowest BCUT2D eigenvalue weighted by atomic mass is 9.99. The zero-order valence-corrected chi connectivity index (χ0v) is 17.3. The fraction of sp³-hybridized carbons (Fsp3) is 0.333. The van der Waals surface area contributed by atoms with E-state index in [1.165, 1.54) is 11.1 Å². The Hall–Kier alpha value is -2.38. The van der Waals surface area contributed by atoms with Crippen LogP contribution >= 0.6 is 15.9 Å². The van der Waals surface area contributed by atoms with Gasteiger partial charge in [0.15, 0.2) is 0 Å². The van der Waals surface area contributed by atoms with Gasteiger partial charge in [0.25, 0.3) is 0 Å². The molecule has 2 N–H and O–H groups in total. The van der Waals surface area contributed by atoms with E-state index >= 15 is 0 Å². The van der Waals surface area contributed by atoms with E-state index in [9.17, 15) is 9.59 Å². The molecule has 7 heteroatoms. The van der Waals surface area contributed by atoms with Crippen LogP contribution in [0.2, 0.25) is 0 Å². The number of halogens is 1. The van der Waals surface area contributed by atoms with Crippen LogP contribution in [0.4, 0.5) is 16.2 Å². The van der Waals surface area contributed by atoms with Crippen LogP contribution in [0.5, 0.6) is 0 Å². The molecule has 0 saturated carbocycles. The fourth-order valence-electron chi connectivity index (χ4n) is 3.63. The summed E-state index contributed by atoms with van der Waals surface area (Å²) >= 11 is 3.37. The molecule has 28 heavy (non-hydrogen) atoms. The smallest absolute Gasteiger partial charge is 0.322 e.